The van der Waals surface area contributed by atoms with Crippen molar-refractivity contribution in [2.24, 2.45) is 0 Å². The Bertz CT molecular complexity index is 4550. The van der Waals surface area contributed by atoms with Crippen LogP contribution in [0.3, 0.4) is 0 Å². The highest BCUT2D eigenvalue weighted by atomic mass is 35.5. The van der Waals surface area contributed by atoms with Crippen LogP contribution in [0.25, 0.3) is 115 Å². The third-order valence-corrected chi connectivity index (χ3v) is 16.2. The Balaban J connectivity index is 1.28. The minimum Gasteiger partial charge on any atom is -0.310 e. The van der Waals surface area contributed by atoms with Gasteiger partial charge in [-0.05, 0) is 121 Å². The van der Waals surface area contributed by atoms with Crippen LogP contribution in [0.15, 0.2) is 158 Å². The second-order valence-corrected chi connectivity index (χ2v) is 22.4. The highest BCUT2D eigenvalue weighted by Gasteiger charge is 2.43. The van der Waals surface area contributed by atoms with Crippen molar-refractivity contribution < 1.29 is 0 Å². The van der Waals surface area contributed by atoms with Crippen molar-refractivity contribution in [2.75, 3.05) is 0 Å². The summed E-state index contributed by atoms with van der Waals surface area (Å²) < 4.78 is 7.82. The van der Waals surface area contributed by atoms with Gasteiger partial charge in [-0.25, -0.2) is 0 Å². The van der Waals surface area contributed by atoms with E-state index in [4.69, 9.17) is 23.2 Å². The van der Waals surface area contributed by atoms with E-state index in [9.17, 15) is 0 Å². The van der Waals surface area contributed by atoms with Crippen LogP contribution in [0.5, 0.6) is 0 Å². The van der Waals surface area contributed by atoms with E-state index < -0.39 is 0 Å². The van der Waals surface area contributed by atoms with Crippen molar-refractivity contribution in [3.05, 3.63) is 179 Å². The minimum absolute atomic E-state index is 0.0250. The van der Waals surface area contributed by atoms with Crippen LogP contribution >= 0.6 is 23.2 Å². The molecule has 0 atom stereocenters. The topological polar surface area (TPSA) is 14.3 Å². The van der Waals surface area contributed by atoms with Crippen LogP contribution in [0.4, 0.5) is 0 Å². The summed E-state index contributed by atoms with van der Waals surface area (Å²) in [6.07, 6.45) is 0. The van der Waals surface area contributed by atoms with Gasteiger partial charge in [-0.15, -0.1) is 0 Å². The molecule has 0 unspecified atom stereocenters. The first-order valence-electron chi connectivity index (χ1n) is 23.8. The number of nitrogens with zero attached hydrogens (tertiary/aromatic N) is 3. The number of para-hydroxylation sites is 2. The Hall–Kier alpha value is -6.98. The molecule has 2 aliphatic heterocycles. The molecule has 6 heterocycles. The molecule has 68 heavy (non-hydrogen) atoms. The van der Waals surface area contributed by atoms with Gasteiger partial charge in [0.25, 0.3) is 6.71 Å². The fourth-order valence-electron chi connectivity index (χ4n) is 12.8. The summed E-state index contributed by atoms with van der Waals surface area (Å²) in [5.41, 5.74) is 17.1. The second-order valence-electron chi connectivity index (χ2n) is 21.5. The number of aromatic nitrogens is 3. The lowest BCUT2D eigenvalue weighted by atomic mass is 9.34. The summed E-state index contributed by atoms with van der Waals surface area (Å²) in [5.74, 6) is 0. The van der Waals surface area contributed by atoms with E-state index in [1.807, 2.05) is 6.07 Å². The van der Waals surface area contributed by atoms with E-state index in [2.05, 4.69) is 207 Å². The lowest BCUT2D eigenvalue weighted by molar-refractivity contribution is 0.590. The molecule has 9 aromatic carbocycles. The predicted octanol–water partition coefficient (Wildman–Crippen LogP) is 15.5. The summed E-state index contributed by atoms with van der Waals surface area (Å²) >= 11 is 14.3. The van der Waals surface area contributed by atoms with Crippen molar-refractivity contribution in [1.82, 2.24) is 13.5 Å². The van der Waals surface area contributed by atoms with Crippen LogP contribution in [0, 0.1) is 0 Å². The zero-order valence-electron chi connectivity index (χ0n) is 38.7. The molecule has 0 fully saturated rings. The summed E-state index contributed by atoms with van der Waals surface area (Å²) in [4.78, 5) is 0. The fourth-order valence-corrected chi connectivity index (χ4v) is 13.2. The lowest BCUT2D eigenvalue weighted by Crippen LogP contribution is -2.59. The molecular formula is C62H44BCl2N3. The van der Waals surface area contributed by atoms with E-state index >= 15 is 0 Å². The molecule has 0 saturated carbocycles. The zero-order valence-corrected chi connectivity index (χ0v) is 40.2. The summed E-state index contributed by atoms with van der Waals surface area (Å²) in [6.45, 7) is 13.9. The van der Waals surface area contributed by atoms with Gasteiger partial charge in [-0.2, -0.15) is 0 Å². The van der Waals surface area contributed by atoms with Crippen molar-refractivity contribution >= 4 is 150 Å². The molecule has 0 N–H and O–H groups in total. The first-order chi connectivity index (χ1) is 32.8. The van der Waals surface area contributed by atoms with Gasteiger partial charge >= 0.3 is 0 Å². The normalized spacial score (nSPS) is 13.6. The number of benzene rings is 9. The Morgan fingerprint density at radius 1 is 0.382 bits per heavy atom. The van der Waals surface area contributed by atoms with Gasteiger partial charge in [0.1, 0.15) is 0 Å². The number of hydrogen-bond donors (Lipinski definition) is 0. The lowest BCUT2D eigenvalue weighted by Gasteiger charge is -2.35. The van der Waals surface area contributed by atoms with Gasteiger partial charge in [-0.3, -0.25) is 0 Å². The average molecular weight is 913 g/mol. The van der Waals surface area contributed by atoms with Crippen LogP contribution in [-0.2, 0) is 10.8 Å². The second kappa shape index (κ2) is 13.0. The largest absolute Gasteiger partial charge is 0.310 e. The molecule has 2 aliphatic rings. The van der Waals surface area contributed by atoms with Crippen LogP contribution < -0.4 is 16.4 Å². The number of halogens is 2. The minimum atomic E-state index is -0.109. The average Bonchev–Trinajstić information content (AvgIpc) is 3.96. The molecular weight excluding hydrogens is 868 g/mol. The van der Waals surface area contributed by atoms with Crippen LogP contribution in [0.2, 0.25) is 10.0 Å². The van der Waals surface area contributed by atoms with Crippen LogP contribution in [0.1, 0.15) is 52.7 Å². The standard InChI is InChI=1S/C62H44BCl2N3/c1-61(2,3)33-22-24-51-44(26-33)46-27-34(62(4,5)6)28-48-58(46)67(51)54-32-53-55(60-56(54)63(48)49-31-36(65)30-47-45-29-35(64)23-25-52(45)68(60)59(47)49)43-20-13-19-42-40-17-10-8-15-38(40)37-14-7-9-16-39(37)41-18-11-12-21-50(41)66(53)57(42)43/h7-32H,1-6H3. The summed E-state index contributed by atoms with van der Waals surface area (Å²) in [5, 5.41) is 16.0. The molecule has 0 bridgehead atoms. The first-order valence-corrected chi connectivity index (χ1v) is 24.6. The van der Waals surface area contributed by atoms with Crippen molar-refractivity contribution in [3.63, 3.8) is 0 Å². The SMILES string of the molecule is CC(C)(C)c1ccc2c(c1)c1cc(C(C)(C)C)cc3c1n2-c1cc2c(c4c1B3c1cc(Cl)cc3c5cc(Cl)ccc5n-4c13)c1cccc3c4ccccc4c4ccccc4c4ccccc4n2c31. The number of hydrogen-bond acceptors (Lipinski definition) is 0. The first kappa shape index (κ1) is 39.1. The maximum atomic E-state index is 7.35. The van der Waals surface area contributed by atoms with Crippen molar-refractivity contribution in [2.45, 2.75) is 52.4 Å². The van der Waals surface area contributed by atoms with Gasteiger partial charge in [0.05, 0.1) is 33.3 Å². The van der Waals surface area contributed by atoms with Crippen molar-refractivity contribution in [1.29, 1.82) is 0 Å². The van der Waals surface area contributed by atoms with E-state index in [1.54, 1.807) is 0 Å². The Morgan fingerprint density at radius 2 is 0.926 bits per heavy atom. The Labute approximate surface area is 403 Å². The Kier molecular flexibility index (Phi) is 7.45. The van der Waals surface area contributed by atoms with E-state index in [0.717, 1.165) is 26.8 Å². The molecule has 0 aliphatic carbocycles. The fraction of sp³-hybridized carbons (Fsp3) is 0.129. The quantitative estimate of drug-likeness (QED) is 0.135. The molecule has 13 aromatic rings. The number of rotatable bonds is 0. The van der Waals surface area contributed by atoms with Gasteiger partial charge in [0, 0.05) is 69.9 Å². The number of fused-ring (bicyclic) bond motifs is 21. The van der Waals surface area contributed by atoms with Gasteiger partial charge < -0.3 is 13.5 Å². The molecule has 0 amide bonds. The molecule has 324 valence electrons. The van der Waals surface area contributed by atoms with E-state index in [0.29, 0.717) is 5.02 Å². The summed E-state index contributed by atoms with van der Waals surface area (Å²) in [7, 11) is 0. The Morgan fingerprint density at radius 3 is 1.66 bits per heavy atom. The maximum absolute atomic E-state index is 7.35. The van der Waals surface area contributed by atoms with E-state index in [1.165, 1.54) is 120 Å². The van der Waals surface area contributed by atoms with Gasteiger partial charge in [0.15, 0.2) is 0 Å². The van der Waals surface area contributed by atoms with E-state index in [-0.39, 0.29) is 17.5 Å². The predicted molar refractivity (Wildman–Crippen MR) is 294 cm³/mol. The van der Waals surface area contributed by atoms with Gasteiger partial charge in [0.2, 0.25) is 0 Å². The molecule has 15 rings (SSSR count). The molecule has 0 radical (unpaired) electrons. The highest BCUT2D eigenvalue weighted by molar-refractivity contribution is 7.00. The molecule has 3 nitrogen and oxygen atoms in total. The monoisotopic (exact) mass is 911 g/mol. The maximum Gasteiger partial charge on any atom is 0.252 e. The van der Waals surface area contributed by atoms with Crippen LogP contribution in [-0.4, -0.2) is 20.2 Å². The molecule has 0 spiro atoms. The molecule has 4 aromatic heterocycles. The third-order valence-electron chi connectivity index (χ3n) is 15.8. The zero-order chi connectivity index (χ0) is 45.9. The summed E-state index contributed by atoms with van der Waals surface area (Å²) in [6, 6.07) is 59.6. The van der Waals surface area contributed by atoms with Gasteiger partial charge in [-0.1, -0.05) is 162 Å². The smallest absolute Gasteiger partial charge is 0.252 e. The third kappa shape index (κ3) is 4.87. The molecule has 6 heteroatoms. The van der Waals surface area contributed by atoms with Crippen molar-refractivity contribution in [3.8, 4) is 11.4 Å². The molecule has 0 saturated heterocycles. The highest BCUT2D eigenvalue weighted by Crippen LogP contribution is 2.47.